The fraction of sp³-hybridized carbons (Fsp3) is 0.550. The van der Waals surface area contributed by atoms with Gasteiger partial charge < -0.3 is 4.90 Å². The number of nitrogens with zero attached hydrogens (tertiary/aromatic N) is 1. The maximum atomic E-state index is 13.2. The maximum absolute atomic E-state index is 13.2. The average Bonchev–Trinajstić information content (AvgIpc) is 2.31. The van der Waals surface area contributed by atoms with Crippen molar-refractivity contribution in [2.24, 2.45) is 0 Å². The van der Waals surface area contributed by atoms with Gasteiger partial charge in [-0.25, -0.2) is 0 Å². The largest absolute Gasteiger partial charge is 0.334 e. The molecule has 0 unspecified atom stereocenters. The van der Waals surface area contributed by atoms with Gasteiger partial charge in [-0.3, -0.25) is 4.79 Å². The molecule has 0 N–H and O–H groups in total. The van der Waals surface area contributed by atoms with Gasteiger partial charge in [0.1, 0.15) is 0 Å². The molecule has 120 valence electrons. The van der Waals surface area contributed by atoms with Crippen LogP contribution in [0.4, 0.5) is 0 Å². The van der Waals surface area contributed by atoms with E-state index < -0.39 is 0 Å². The zero-order valence-corrected chi connectivity index (χ0v) is 14.9. The number of allylic oxidation sites excluding steroid dienone is 1. The van der Waals surface area contributed by atoms with E-state index in [1.54, 1.807) is 0 Å². The Morgan fingerprint density at radius 2 is 1.68 bits per heavy atom. The number of hydrogen-bond acceptors (Lipinski definition) is 1. The maximum Gasteiger partial charge on any atom is 0.255 e. The second-order valence-corrected chi connectivity index (χ2v) is 7.10. The minimum Gasteiger partial charge on any atom is -0.334 e. The third-order valence-electron chi connectivity index (χ3n) is 4.43. The van der Waals surface area contributed by atoms with Crippen molar-refractivity contribution in [2.45, 2.75) is 72.9 Å². The van der Waals surface area contributed by atoms with E-state index in [9.17, 15) is 4.79 Å². The van der Waals surface area contributed by atoms with Gasteiger partial charge in [-0.05, 0) is 71.9 Å². The summed E-state index contributed by atoms with van der Waals surface area (Å²) in [6.45, 7) is 12.5. The topological polar surface area (TPSA) is 20.3 Å². The molecule has 0 aromatic heterocycles. The van der Waals surface area contributed by atoms with Gasteiger partial charge in [0.25, 0.3) is 5.91 Å². The first-order valence-electron chi connectivity index (χ1n) is 8.44. The van der Waals surface area contributed by atoms with Crippen LogP contribution in [0.15, 0.2) is 17.7 Å². The highest BCUT2D eigenvalue weighted by atomic mass is 16.2. The Bertz CT molecular complexity index is 582. The lowest BCUT2D eigenvalue weighted by atomic mass is 9.88. The van der Waals surface area contributed by atoms with Crippen LogP contribution in [0.5, 0.6) is 0 Å². The van der Waals surface area contributed by atoms with Crippen LogP contribution in [0.1, 0.15) is 74.0 Å². The Balaban J connectivity index is 2.50. The Morgan fingerprint density at radius 1 is 1.09 bits per heavy atom. The summed E-state index contributed by atoms with van der Waals surface area (Å²) in [5, 5.41) is 0. The first-order valence-corrected chi connectivity index (χ1v) is 8.44. The van der Waals surface area contributed by atoms with E-state index in [4.69, 9.17) is 0 Å². The Labute approximate surface area is 135 Å². The minimum atomic E-state index is 0.161. The number of amides is 1. The van der Waals surface area contributed by atoms with Crippen LogP contribution in [0.25, 0.3) is 6.08 Å². The fourth-order valence-electron chi connectivity index (χ4n) is 3.35. The number of carbonyl (C=O) groups excluding carboxylic acids is 1. The zero-order valence-electron chi connectivity index (χ0n) is 14.9. The standard InChI is InChI=1S/C20H29NO/c1-13(2)21(14(3)4)20(22)19-16(6)10-15(5)11-18(19)12-17-8-7-9-17/h10-14H,7-9H2,1-6H3. The molecule has 0 aliphatic heterocycles. The smallest absolute Gasteiger partial charge is 0.255 e. The average molecular weight is 299 g/mol. The van der Waals surface area contributed by atoms with Crippen LogP contribution >= 0.6 is 0 Å². The fourth-order valence-corrected chi connectivity index (χ4v) is 3.35. The van der Waals surface area contributed by atoms with Gasteiger partial charge >= 0.3 is 0 Å². The lowest BCUT2D eigenvalue weighted by Gasteiger charge is -2.32. The molecule has 1 aliphatic rings. The molecule has 22 heavy (non-hydrogen) atoms. The summed E-state index contributed by atoms with van der Waals surface area (Å²) in [6, 6.07) is 4.69. The van der Waals surface area contributed by atoms with Crippen LogP contribution in [0.2, 0.25) is 0 Å². The number of aryl methyl sites for hydroxylation is 2. The quantitative estimate of drug-likeness (QED) is 0.754. The van der Waals surface area contributed by atoms with E-state index in [-0.39, 0.29) is 18.0 Å². The zero-order chi connectivity index (χ0) is 16.4. The predicted molar refractivity (Wildman–Crippen MR) is 94.2 cm³/mol. The van der Waals surface area contributed by atoms with E-state index in [0.29, 0.717) is 0 Å². The third-order valence-corrected chi connectivity index (χ3v) is 4.43. The molecule has 0 bridgehead atoms. The summed E-state index contributed by atoms with van der Waals surface area (Å²) < 4.78 is 0. The van der Waals surface area contributed by atoms with Gasteiger partial charge in [-0.2, -0.15) is 0 Å². The first-order chi connectivity index (χ1) is 10.3. The van der Waals surface area contributed by atoms with Crippen LogP contribution in [-0.4, -0.2) is 22.9 Å². The second-order valence-electron chi connectivity index (χ2n) is 7.10. The highest BCUT2D eigenvalue weighted by Gasteiger charge is 2.25. The Morgan fingerprint density at radius 3 is 2.14 bits per heavy atom. The van der Waals surface area contributed by atoms with E-state index in [0.717, 1.165) is 16.7 Å². The number of benzene rings is 1. The molecule has 1 fully saturated rings. The van der Waals surface area contributed by atoms with Crippen LogP contribution in [0, 0.1) is 13.8 Å². The molecule has 1 amide bonds. The Kier molecular flexibility index (Phi) is 5.10. The molecule has 0 atom stereocenters. The van der Waals surface area contributed by atoms with Crippen LogP contribution in [-0.2, 0) is 0 Å². The van der Waals surface area contributed by atoms with Crippen molar-refractivity contribution >= 4 is 12.0 Å². The first kappa shape index (κ1) is 16.8. The van der Waals surface area contributed by atoms with Gasteiger partial charge in [-0.15, -0.1) is 0 Å². The molecular formula is C20H29NO. The van der Waals surface area contributed by atoms with Crippen molar-refractivity contribution in [3.05, 3.63) is 40.0 Å². The van der Waals surface area contributed by atoms with Gasteiger partial charge in [-0.1, -0.05) is 29.3 Å². The van der Waals surface area contributed by atoms with Crippen molar-refractivity contribution in [1.82, 2.24) is 4.90 Å². The molecule has 0 spiro atoms. The summed E-state index contributed by atoms with van der Waals surface area (Å²) in [4.78, 5) is 15.2. The van der Waals surface area contributed by atoms with Crippen molar-refractivity contribution < 1.29 is 4.79 Å². The van der Waals surface area contributed by atoms with Crippen LogP contribution < -0.4 is 0 Å². The third kappa shape index (κ3) is 3.43. The van der Waals surface area contributed by atoms with Crippen molar-refractivity contribution in [1.29, 1.82) is 0 Å². The lowest BCUT2D eigenvalue weighted by molar-refractivity contribution is 0.0643. The molecule has 1 aromatic rings. The van der Waals surface area contributed by atoms with Gasteiger partial charge in [0.05, 0.1) is 0 Å². The number of hydrogen-bond donors (Lipinski definition) is 0. The molecule has 2 heteroatoms. The molecule has 0 heterocycles. The molecule has 1 saturated carbocycles. The molecular weight excluding hydrogens is 270 g/mol. The van der Waals surface area contributed by atoms with Crippen molar-refractivity contribution in [3.63, 3.8) is 0 Å². The Hall–Kier alpha value is -1.57. The summed E-state index contributed by atoms with van der Waals surface area (Å²) >= 11 is 0. The molecule has 2 nitrogen and oxygen atoms in total. The van der Waals surface area contributed by atoms with E-state index in [1.165, 1.54) is 30.4 Å². The van der Waals surface area contributed by atoms with E-state index in [2.05, 4.69) is 59.8 Å². The summed E-state index contributed by atoms with van der Waals surface area (Å²) in [7, 11) is 0. The number of carbonyl (C=O) groups is 1. The van der Waals surface area contributed by atoms with Gasteiger partial charge in [0.15, 0.2) is 0 Å². The van der Waals surface area contributed by atoms with Crippen molar-refractivity contribution in [2.75, 3.05) is 0 Å². The van der Waals surface area contributed by atoms with Crippen LogP contribution in [0.3, 0.4) is 0 Å². The second kappa shape index (κ2) is 6.68. The molecule has 1 aliphatic carbocycles. The highest BCUT2D eigenvalue weighted by molar-refractivity contribution is 5.99. The highest BCUT2D eigenvalue weighted by Crippen LogP contribution is 2.30. The summed E-state index contributed by atoms with van der Waals surface area (Å²) in [5.41, 5.74) is 5.76. The normalized spacial score (nSPS) is 14.3. The summed E-state index contributed by atoms with van der Waals surface area (Å²) in [6.07, 6.45) is 5.89. The number of rotatable bonds is 4. The molecule has 0 saturated heterocycles. The van der Waals surface area contributed by atoms with E-state index >= 15 is 0 Å². The minimum absolute atomic E-state index is 0.161. The predicted octanol–water partition coefficient (Wildman–Crippen LogP) is 5.13. The van der Waals surface area contributed by atoms with Gasteiger partial charge in [0.2, 0.25) is 0 Å². The van der Waals surface area contributed by atoms with E-state index in [1.807, 2.05) is 4.90 Å². The summed E-state index contributed by atoms with van der Waals surface area (Å²) in [5.74, 6) is 0.161. The lowest BCUT2D eigenvalue weighted by Crippen LogP contribution is -2.42. The van der Waals surface area contributed by atoms with Crippen molar-refractivity contribution in [3.8, 4) is 0 Å². The van der Waals surface area contributed by atoms with Gasteiger partial charge in [0, 0.05) is 17.6 Å². The SMILES string of the molecule is Cc1cc(C)c(C(=O)N(C(C)C)C(C)C)c(C=C2CCC2)c1. The molecule has 0 radical (unpaired) electrons. The molecule has 2 rings (SSSR count). The monoisotopic (exact) mass is 299 g/mol. The molecule has 1 aromatic carbocycles.